The molecule has 0 aromatic heterocycles. The van der Waals surface area contributed by atoms with Crippen LogP contribution in [0.25, 0.3) is 0 Å². The first kappa shape index (κ1) is 14.7. The molecule has 116 valence electrons. The smallest absolute Gasteiger partial charge is 0.160 e. The maximum Gasteiger partial charge on any atom is 0.160 e. The summed E-state index contributed by atoms with van der Waals surface area (Å²) in [6.07, 6.45) is 2.66. The number of methoxy groups -OCH3 is 2. The summed E-state index contributed by atoms with van der Waals surface area (Å²) in [6.45, 7) is 4.43. The van der Waals surface area contributed by atoms with E-state index in [4.69, 9.17) is 15.2 Å². The highest BCUT2D eigenvalue weighted by Crippen LogP contribution is 2.42. The first-order valence-electron chi connectivity index (χ1n) is 7.91. The van der Waals surface area contributed by atoms with Gasteiger partial charge in [0, 0.05) is 12.5 Å². The number of rotatable bonds is 5. The van der Waals surface area contributed by atoms with Crippen LogP contribution in [0.5, 0.6) is 11.5 Å². The van der Waals surface area contributed by atoms with E-state index in [9.17, 15) is 0 Å². The van der Waals surface area contributed by atoms with Crippen LogP contribution in [-0.2, 0) is 0 Å². The number of nitrogens with zero attached hydrogens (tertiary/aromatic N) is 1. The molecule has 21 heavy (non-hydrogen) atoms. The Balaban J connectivity index is 1.86. The highest BCUT2D eigenvalue weighted by atomic mass is 16.5. The van der Waals surface area contributed by atoms with Crippen molar-refractivity contribution in [2.75, 3.05) is 40.4 Å². The van der Waals surface area contributed by atoms with E-state index in [0.29, 0.717) is 18.4 Å². The lowest BCUT2D eigenvalue weighted by atomic mass is 9.70. The maximum atomic E-state index is 6.14. The lowest BCUT2D eigenvalue weighted by Gasteiger charge is -2.47. The molecule has 4 heteroatoms. The van der Waals surface area contributed by atoms with Gasteiger partial charge >= 0.3 is 0 Å². The molecule has 3 saturated heterocycles. The molecule has 3 heterocycles. The molecule has 0 aliphatic carbocycles. The van der Waals surface area contributed by atoms with Gasteiger partial charge in [-0.15, -0.1) is 0 Å². The molecule has 2 bridgehead atoms. The molecular formula is C17H26N2O2. The van der Waals surface area contributed by atoms with Crippen molar-refractivity contribution in [1.82, 2.24) is 4.90 Å². The Morgan fingerprint density at radius 3 is 2.43 bits per heavy atom. The van der Waals surface area contributed by atoms with Crippen molar-refractivity contribution in [2.24, 2.45) is 17.6 Å². The Labute approximate surface area is 127 Å². The molecule has 0 radical (unpaired) electrons. The van der Waals surface area contributed by atoms with Gasteiger partial charge in [-0.05, 0) is 62.0 Å². The molecule has 0 amide bonds. The molecule has 2 atom stereocenters. The molecule has 1 aromatic carbocycles. The fourth-order valence-corrected chi connectivity index (χ4v) is 4.11. The van der Waals surface area contributed by atoms with Gasteiger partial charge in [0.2, 0.25) is 0 Å². The molecule has 4 rings (SSSR count). The van der Waals surface area contributed by atoms with Crippen LogP contribution < -0.4 is 15.2 Å². The summed E-state index contributed by atoms with van der Waals surface area (Å²) in [7, 11) is 3.36. The zero-order valence-corrected chi connectivity index (χ0v) is 13.0. The summed E-state index contributed by atoms with van der Waals surface area (Å²) in [4.78, 5) is 2.59. The average molecular weight is 290 g/mol. The van der Waals surface area contributed by atoms with Crippen LogP contribution in [-0.4, -0.2) is 45.3 Å². The molecule has 1 aromatic rings. The van der Waals surface area contributed by atoms with Crippen molar-refractivity contribution in [1.29, 1.82) is 0 Å². The van der Waals surface area contributed by atoms with Gasteiger partial charge < -0.3 is 20.1 Å². The summed E-state index contributed by atoms with van der Waals surface area (Å²) < 4.78 is 10.8. The number of hydrogen-bond donors (Lipinski definition) is 1. The number of fused-ring (bicyclic) bond motifs is 3. The largest absolute Gasteiger partial charge is 0.493 e. The van der Waals surface area contributed by atoms with Crippen molar-refractivity contribution in [3.05, 3.63) is 23.8 Å². The Bertz CT molecular complexity index is 484. The van der Waals surface area contributed by atoms with Crippen LogP contribution in [0.15, 0.2) is 18.2 Å². The Kier molecular flexibility index (Phi) is 4.36. The summed E-state index contributed by atoms with van der Waals surface area (Å²) in [5, 5.41) is 0. The highest BCUT2D eigenvalue weighted by molar-refractivity contribution is 5.44. The Morgan fingerprint density at radius 1 is 1.19 bits per heavy atom. The van der Waals surface area contributed by atoms with Gasteiger partial charge in [-0.25, -0.2) is 0 Å². The zero-order chi connectivity index (χ0) is 14.8. The van der Waals surface area contributed by atoms with E-state index in [1.807, 2.05) is 6.07 Å². The quantitative estimate of drug-likeness (QED) is 0.902. The van der Waals surface area contributed by atoms with Crippen LogP contribution in [0.2, 0.25) is 0 Å². The minimum absolute atomic E-state index is 0.415. The highest BCUT2D eigenvalue weighted by Gasteiger charge is 2.38. The van der Waals surface area contributed by atoms with Crippen LogP contribution >= 0.6 is 0 Å². The standard InChI is InChI=1S/C17H26N2O2/c1-20-16-4-3-13(9-17(16)21-2)14(10-18)15-11-19-7-5-12(15)6-8-19/h3-4,9,12,14-15H,5-8,10-11,18H2,1-2H3. The second-order valence-corrected chi connectivity index (χ2v) is 6.26. The molecule has 3 fully saturated rings. The molecule has 3 aliphatic rings. The van der Waals surface area contributed by atoms with E-state index in [1.54, 1.807) is 14.2 Å². The molecule has 0 spiro atoms. The number of piperidine rings is 3. The second kappa shape index (κ2) is 6.24. The molecule has 3 aliphatic heterocycles. The first-order chi connectivity index (χ1) is 10.3. The fourth-order valence-electron chi connectivity index (χ4n) is 4.11. The second-order valence-electron chi connectivity index (χ2n) is 6.26. The lowest BCUT2D eigenvalue weighted by Crippen LogP contribution is -2.50. The summed E-state index contributed by atoms with van der Waals surface area (Å²) in [5.41, 5.74) is 7.42. The van der Waals surface area contributed by atoms with Crippen LogP contribution in [0.4, 0.5) is 0 Å². The summed E-state index contributed by atoms with van der Waals surface area (Å²) in [6, 6.07) is 6.25. The minimum atomic E-state index is 0.415. The van der Waals surface area contributed by atoms with Crippen molar-refractivity contribution in [3.63, 3.8) is 0 Å². The normalized spacial score (nSPS) is 29.2. The van der Waals surface area contributed by atoms with E-state index in [-0.39, 0.29) is 0 Å². The van der Waals surface area contributed by atoms with Crippen molar-refractivity contribution < 1.29 is 9.47 Å². The van der Waals surface area contributed by atoms with E-state index in [0.717, 1.165) is 17.4 Å². The molecule has 2 N–H and O–H groups in total. The summed E-state index contributed by atoms with van der Waals surface area (Å²) >= 11 is 0. The Hall–Kier alpha value is -1.26. The van der Waals surface area contributed by atoms with Gasteiger partial charge in [-0.1, -0.05) is 6.07 Å². The topological polar surface area (TPSA) is 47.7 Å². The van der Waals surface area contributed by atoms with E-state index in [2.05, 4.69) is 17.0 Å². The van der Waals surface area contributed by atoms with Crippen LogP contribution in [0.3, 0.4) is 0 Å². The van der Waals surface area contributed by atoms with Crippen molar-refractivity contribution >= 4 is 0 Å². The van der Waals surface area contributed by atoms with Crippen molar-refractivity contribution in [2.45, 2.75) is 18.8 Å². The third kappa shape index (κ3) is 2.74. The van der Waals surface area contributed by atoms with Crippen LogP contribution in [0, 0.1) is 11.8 Å². The zero-order valence-electron chi connectivity index (χ0n) is 13.0. The lowest BCUT2D eigenvalue weighted by molar-refractivity contribution is 0.0378. The predicted octanol–water partition coefficient (Wildman–Crippen LogP) is 2.09. The van der Waals surface area contributed by atoms with E-state index in [1.165, 1.54) is 38.0 Å². The number of ether oxygens (including phenoxy) is 2. The number of nitrogens with two attached hydrogens (primary N) is 1. The molecule has 0 saturated carbocycles. The van der Waals surface area contributed by atoms with Crippen molar-refractivity contribution in [3.8, 4) is 11.5 Å². The number of benzene rings is 1. The molecule has 4 nitrogen and oxygen atoms in total. The van der Waals surface area contributed by atoms with Gasteiger partial charge in [-0.2, -0.15) is 0 Å². The fraction of sp³-hybridized carbons (Fsp3) is 0.647. The van der Waals surface area contributed by atoms with E-state index >= 15 is 0 Å². The van der Waals surface area contributed by atoms with E-state index < -0.39 is 0 Å². The summed E-state index contributed by atoms with van der Waals surface area (Å²) in [5.74, 6) is 3.51. The molecular weight excluding hydrogens is 264 g/mol. The average Bonchev–Trinajstić information content (AvgIpc) is 2.56. The third-order valence-corrected chi connectivity index (χ3v) is 5.31. The van der Waals surface area contributed by atoms with Gasteiger partial charge in [0.25, 0.3) is 0 Å². The SMILES string of the molecule is COc1ccc(C(CN)C2CN3CCC2CC3)cc1OC. The maximum absolute atomic E-state index is 6.14. The van der Waals surface area contributed by atoms with Crippen LogP contribution in [0.1, 0.15) is 24.3 Å². The monoisotopic (exact) mass is 290 g/mol. The molecule has 2 unspecified atom stereocenters. The Morgan fingerprint density at radius 2 is 1.90 bits per heavy atom. The third-order valence-electron chi connectivity index (χ3n) is 5.31. The van der Waals surface area contributed by atoms with Gasteiger partial charge in [-0.3, -0.25) is 0 Å². The van der Waals surface area contributed by atoms with Gasteiger partial charge in [0.05, 0.1) is 14.2 Å². The number of hydrogen-bond acceptors (Lipinski definition) is 4. The predicted molar refractivity (Wildman–Crippen MR) is 84.0 cm³/mol. The first-order valence-corrected chi connectivity index (χ1v) is 7.91. The minimum Gasteiger partial charge on any atom is -0.493 e. The van der Waals surface area contributed by atoms with Gasteiger partial charge in [0.15, 0.2) is 11.5 Å². The van der Waals surface area contributed by atoms with Gasteiger partial charge in [0.1, 0.15) is 0 Å².